The molecule has 0 radical (unpaired) electrons. The number of carbonyl (C=O) groups is 2. The highest BCUT2D eigenvalue weighted by molar-refractivity contribution is 6.35. The minimum Gasteiger partial charge on any atom is -0.481 e. The quantitative estimate of drug-likeness (QED) is 0.117. The van der Waals surface area contributed by atoms with Crippen molar-refractivity contribution in [1.29, 1.82) is 0 Å². The molecule has 0 saturated heterocycles. The van der Waals surface area contributed by atoms with E-state index < -0.39 is 11.9 Å². The molecule has 0 atom stereocenters. The number of aryl methyl sites for hydroxylation is 1. The number of aromatic carboxylic acids is 1. The number of carboxylic acid groups (broad SMARTS) is 2. The van der Waals surface area contributed by atoms with Crippen LogP contribution in [0.3, 0.4) is 0 Å². The lowest BCUT2D eigenvalue weighted by molar-refractivity contribution is -0.137. The number of furan rings is 1. The van der Waals surface area contributed by atoms with Crippen molar-refractivity contribution in [3.63, 3.8) is 0 Å². The van der Waals surface area contributed by atoms with Gasteiger partial charge in [0, 0.05) is 23.6 Å². The average molecular weight is 570 g/mol. The summed E-state index contributed by atoms with van der Waals surface area (Å²) in [5.41, 5.74) is 1.53. The van der Waals surface area contributed by atoms with Crippen molar-refractivity contribution in [2.24, 2.45) is 0 Å². The molecule has 12 heteroatoms. The molecule has 39 heavy (non-hydrogen) atoms. The molecule has 10 nitrogen and oxygen atoms in total. The van der Waals surface area contributed by atoms with Crippen LogP contribution >= 0.6 is 23.2 Å². The first-order chi connectivity index (χ1) is 18.7. The monoisotopic (exact) mass is 569 g/mol. The van der Waals surface area contributed by atoms with E-state index >= 15 is 0 Å². The lowest BCUT2D eigenvalue weighted by atomic mass is 10.2. The predicted octanol–water partition coefficient (Wildman–Crippen LogP) is 6.68. The van der Waals surface area contributed by atoms with Crippen molar-refractivity contribution < 1.29 is 24.2 Å². The highest BCUT2D eigenvalue weighted by Gasteiger charge is 2.18. The lowest BCUT2D eigenvalue weighted by Crippen LogP contribution is -2.14. The van der Waals surface area contributed by atoms with Gasteiger partial charge in [0.05, 0.1) is 22.8 Å². The van der Waals surface area contributed by atoms with Crippen LogP contribution in [0.5, 0.6) is 0 Å². The van der Waals surface area contributed by atoms with E-state index in [0.717, 1.165) is 0 Å². The molecule has 4 aromatic rings. The first-order valence-electron chi connectivity index (χ1n) is 11.9. The molecule has 0 aliphatic carbocycles. The van der Waals surface area contributed by atoms with Gasteiger partial charge >= 0.3 is 11.9 Å². The summed E-state index contributed by atoms with van der Waals surface area (Å²) >= 11 is 12.4. The number of hydrogen-bond donors (Lipinski definition) is 5. The van der Waals surface area contributed by atoms with Gasteiger partial charge < -0.3 is 30.6 Å². The molecule has 2 heterocycles. The summed E-state index contributed by atoms with van der Waals surface area (Å²) in [6, 6.07) is 15.2. The van der Waals surface area contributed by atoms with Crippen molar-refractivity contribution in [3.05, 3.63) is 81.8 Å². The van der Waals surface area contributed by atoms with Gasteiger partial charge in [-0.15, -0.1) is 0 Å². The third kappa shape index (κ3) is 7.18. The molecule has 0 fully saturated rings. The van der Waals surface area contributed by atoms with Crippen LogP contribution in [0.15, 0.2) is 59.0 Å². The molecule has 0 aliphatic heterocycles. The van der Waals surface area contributed by atoms with E-state index in [9.17, 15) is 14.7 Å². The predicted molar refractivity (Wildman–Crippen MR) is 150 cm³/mol. The van der Waals surface area contributed by atoms with Crippen LogP contribution in [0.2, 0.25) is 10.0 Å². The van der Waals surface area contributed by atoms with Crippen LogP contribution in [-0.2, 0) is 11.3 Å². The summed E-state index contributed by atoms with van der Waals surface area (Å²) in [5.74, 6) is 0.320. The van der Waals surface area contributed by atoms with Crippen molar-refractivity contribution in [2.75, 3.05) is 22.5 Å². The summed E-state index contributed by atoms with van der Waals surface area (Å²) < 4.78 is 5.99. The number of carboxylic acids is 2. The number of aromatic nitrogens is 2. The second-order valence-corrected chi connectivity index (χ2v) is 9.33. The van der Waals surface area contributed by atoms with E-state index in [1.165, 1.54) is 6.07 Å². The smallest absolute Gasteiger partial charge is 0.337 e. The van der Waals surface area contributed by atoms with Crippen LogP contribution in [0.1, 0.15) is 34.8 Å². The minimum absolute atomic E-state index is 0.00183. The molecule has 0 bridgehead atoms. The molecular weight excluding hydrogens is 545 g/mol. The molecule has 202 valence electrons. The second kappa shape index (κ2) is 12.5. The first-order valence-corrected chi connectivity index (χ1v) is 12.7. The van der Waals surface area contributed by atoms with Crippen molar-refractivity contribution in [2.45, 2.75) is 26.3 Å². The fraction of sp³-hybridized carbons (Fsp3) is 0.185. The molecular formula is C27H25Cl2N5O5. The van der Waals surface area contributed by atoms with Crippen molar-refractivity contribution >= 4 is 58.2 Å². The van der Waals surface area contributed by atoms with Gasteiger partial charge in [-0.05, 0) is 55.8 Å². The maximum Gasteiger partial charge on any atom is 0.337 e. The molecule has 4 rings (SSSR count). The molecule has 2 aromatic carbocycles. The Balaban J connectivity index is 1.63. The molecule has 0 spiro atoms. The Morgan fingerprint density at radius 2 is 1.74 bits per heavy atom. The van der Waals surface area contributed by atoms with E-state index in [2.05, 4.69) is 25.9 Å². The largest absolute Gasteiger partial charge is 0.481 e. The highest BCUT2D eigenvalue weighted by Crippen LogP contribution is 2.34. The highest BCUT2D eigenvalue weighted by atomic mass is 35.5. The summed E-state index contributed by atoms with van der Waals surface area (Å²) in [6.07, 6.45) is 0.378. The Morgan fingerprint density at radius 3 is 2.51 bits per heavy atom. The number of halogens is 2. The number of rotatable bonds is 12. The minimum atomic E-state index is -1.09. The third-order valence-corrected chi connectivity index (χ3v) is 6.15. The Kier molecular flexibility index (Phi) is 8.90. The van der Waals surface area contributed by atoms with Gasteiger partial charge in [-0.1, -0.05) is 35.3 Å². The van der Waals surface area contributed by atoms with Gasteiger partial charge in [0.2, 0.25) is 0 Å². The summed E-state index contributed by atoms with van der Waals surface area (Å²) in [7, 11) is 0. The van der Waals surface area contributed by atoms with Gasteiger partial charge in [-0.2, -0.15) is 0 Å². The number of para-hydroxylation sites is 1. The van der Waals surface area contributed by atoms with Crippen molar-refractivity contribution in [3.8, 4) is 11.3 Å². The summed E-state index contributed by atoms with van der Waals surface area (Å²) in [5, 5.41) is 29.1. The third-order valence-electron chi connectivity index (χ3n) is 5.59. The van der Waals surface area contributed by atoms with Crippen LogP contribution in [0.25, 0.3) is 11.3 Å². The number of aliphatic carboxylic acids is 1. The van der Waals surface area contributed by atoms with Gasteiger partial charge in [-0.3, -0.25) is 4.79 Å². The van der Waals surface area contributed by atoms with Crippen LogP contribution in [-0.4, -0.2) is 38.7 Å². The maximum atomic E-state index is 11.8. The first kappa shape index (κ1) is 27.7. The normalized spacial score (nSPS) is 10.7. The van der Waals surface area contributed by atoms with Gasteiger partial charge in [0.25, 0.3) is 0 Å². The molecule has 0 amide bonds. The second-order valence-electron chi connectivity index (χ2n) is 8.49. The SMILES string of the molecule is Cc1nc(NCCCC(=O)O)c(NCc2ccc(-c3cc(Cl)ccc3Cl)o2)c(Nc2ccccc2C(=O)O)n1. The zero-order valence-electron chi connectivity index (χ0n) is 20.8. The molecule has 5 N–H and O–H groups in total. The zero-order valence-corrected chi connectivity index (χ0v) is 22.3. The van der Waals surface area contributed by atoms with E-state index in [-0.39, 0.29) is 18.5 Å². The number of nitrogens with one attached hydrogen (secondary N) is 3. The standard InChI is InChI=1S/C27H25Cl2N5O5/c1-15-32-25(30-12-4-7-23(35)36)24(26(33-15)34-21-6-3-2-5-18(21)27(37)38)31-14-17-9-11-22(39-17)19-13-16(28)8-10-20(19)29/h2-3,5-6,8-11,13,31H,4,7,12,14H2,1H3,(H,35,36)(H,37,38)(H2,30,32,33,34). The molecule has 0 unspecified atom stereocenters. The molecule has 2 aromatic heterocycles. The van der Waals surface area contributed by atoms with Crippen LogP contribution in [0, 0.1) is 6.92 Å². The average Bonchev–Trinajstić information content (AvgIpc) is 3.36. The Hall–Kier alpha value is -4.28. The number of hydrogen-bond acceptors (Lipinski definition) is 8. The number of nitrogens with zero attached hydrogens (tertiary/aromatic N) is 2. The lowest BCUT2D eigenvalue weighted by Gasteiger charge is -2.18. The Labute approximate surface area is 234 Å². The Morgan fingerprint density at radius 1 is 0.974 bits per heavy atom. The van der Waals surface area contributed by atoms with E-state index in [0.29, 0.717) is 68.9 Å². The fourth-order valence-electron chi connectivity index (χ4n) is 3.79. The van der Waals surface area contributed by atoms with Crippen LogP contribution < -0.4 is 16.0 Å². The van der Waals surface area contributed by atoms with Crippen molar-refractivity contribution in [1.82, 2.24) is 9.97 Å². The van der Waals surface area contributed by atoms with E-state index in [4.69, 9.17) is 32.7 Å². The topological polar surface area (TPSA) is 150 Å². The number of anilines is 4. The van der Waals surface area contributed by atoms with Gasteiger partial charge in [0.1, 0.15) is 23.0 Å². The number of benzene rings is 2. The Bertz CT molecular complexity index is 1510. The maximum absolute atomic E-state index is 11.8. The fourth-order valence-corrected chi connectivity index (χ4v) is 4.17. The van der Waals surface area contributed by atoms with E-state index in [1.807, 2.05) is 0 Å². The summed E-state index contributed by atoms with van der Waals surface area (Å²) in [6.45, 7) is 2.28. The van der Waals surface area contributed by atoms with E-state index in [1.54, 1.807) is 55.5 Å². The van der Waals surface area contributed by atoms with Gasteiger partial charge in [-0.25, -0.2) is 14.8 Å². The van der Waals surface area contributed by atoms with Crippen LogP contribution in [0.4, 0.5) is 23.0 Å². The summed E-state index contributed by atoms with van der Waals surface area (Å²) in [4.78, 5) is 31.7. The zero-order chi connectivity index (χ0) is 27.9. The van der Waals surface area contributed by atoms with Gasteiger partial charge in [0.15, 0.2) is 11.6 Å². The molecule has 0 aliphatic rings. The molecule has 0 saturated carbocycles.